The minimum atomic E-state index is 0.523. The van der Waals surface area contributed by atoms with Gasteiger partial charge in [-0.2, -0.15) is 0 Å². The first kappa shape index (κ1) is 13.8. The van der Waals surface area contributed by atoms with E-state index in [1.807, 2.05) is 31.3 Å². The fraction of sp³-hybridized carbons (Fsp3) is 0.571. The third-order valence-electron chi connectivity index (χ3n) is 3.21. The zero-order valence-corrected chi connectivity index (χ0v) is 11.2. The van der Waals surface area contributed by atoms with Crippen molar-refractivity contribution in [2.24, 2.45) is 5.92 Å². The lowest BCUT2D eigenvalue weighted by atomic mass is 10.0. The van der Waals surface area contributed by atoms with Gasteiger partial charge in [0.25, 0.3) is 0 Å². The van der Waals surface area contributed by atoms with E-state index in [9.17, 15) is 0 Å². The standard InChI is InChI=1S/C14H23NO2/c1-11(12(2)15-3)9-10-17-14-7-5-13(16-4)6-8-14/h5-8,11-12,15H,9-10H2,1-4H3. The van der Waals surface area contributed by atoms with Gasteiger partial charge >= 0.3 is 0 Å². The molecule has 17 heavy (non-hydrogen) atoms. The largest absolute Gasteiger partial charge is 0.497 e. The van der Waals surface area contributed by atoms with E-state index >= 15 is 0 Å². The van der Waals surface area contributed by atoms with E-state index in [0.717, 1.165) is 24.5 Å². The van der Waals surface area contributed by atoms with E-state index in [4.69, 9.17) is 9.47 Å². The maximum atomic E-state index is 5.69. The minimum Gasteiger partial charge on any atom is -0.497 e. The summed E-state index contributed by atoms with van der Waals surface area (Å²) in [6, 6.07) is 8.22. The van der Waals surface area contributed by atoms with Crippen LogP contribution in [0.15, 0.2) is 24.3 Å². The molecule has 0 aliphatic heterocycles. The zero-order chi connectivity index (χ0) is 12.7. The molecular weight excluding hydrogens is 214 g/mol. The lowest BCUT2D eigenvalue weighted by molar-refractivity contribution is 0.264. The number of methoxy groups -OCH3 is 1. The molecule has 0 aromatic heterocycles. The second-order valence-corrected chi connectivity index (χ2v) is 4.37. The molecule has 0 fully saturated rings. The Labute approximate surface area is 104 Å². The molecular formula is C14H23NO2. The van der Waals surface area contributed by atoms with Crippen molar-refractivity contribution in [1.82, 2.24) is 5.32 Å². The quantitative estimate of drug-likeness (QED) is 0.791. The van der Waals surface area contributed by atoms with Crippen molar-refractivity contribution in [3.05, 3.63) is 24.3 Å². The van der Waals surface area contributed by atoms with E-state index < -0.39 is 0 Å². The number of nitrogens with one attached hydrogen (secondary N) is 1. The Balaban J connectivity index is 2.30. The van der Waals surface area contributed by atoms with Crippen LogP contribution in [0.2, 0.25) is 0 Å². The molecule has 1 aromatic carbocycles. The topological polar surface area (TPSA) is 30.5 Å². The number of rotatable bonds is 7. The molecule has 0 saturated heterocycles. The van der Waals surface area contributed by atoms with Crippen LogP contribution in [-0.4, -0.2) is 26.8 Å². The first-order chi connectivity index (χ1) is 8.17. The normalized spacial score (nSPS) is 14.1. The third-order valence-corrected chi connectivity index (χ3v) is 3.21. The van der Waals surface area contributed by atoms with Gasteiger partial charge in [0, 0.05) is 6.04 Å². The molecule has 0 spiro atoms. The first-order valence-electron chi connectivity index (χ1n) is 6.11. The summed E-state index contributed by atoms with van der Waals surface area (Å²) in [7, 11) is 3.65. The fourth-order valence-electron chi connectivity index (χ4n) is 1.57. The van der Waals surface area contributed by atoms with Gasteiger partial charge in [0.1, 0.15) is 11.5 Å². The summed E-state index contributed by atoms with van der Waals surface area (Å²) in [4.78, 5) is 0. The Kier molecular flexibility index (Phi) is 5.84. The Morgan fingerprint density at radius 2 is 1.71 bits per heavy atom. The number of ether oxygens (including phenoxy) is 2. The highest BCUT2D eigenvalue weighted by molar-refractivity contribution is 5.31. The molecule has 2 unspecified atom stereocenters. The molecule has 0 aliphatic carbocycles. The summed E-state index contributed by atoms with van der Waals surface area (Å²) in [6.45, 7) is 5.18. The van der Waals surface area contributed by atoms with Crippen LogP contribution in [0.1, 0.15) is 20.3 Å². The van der Waals surface area contributed by atoms with E-state index in [-0.39, 0.29) is 0 Å². The molecule has 0 amide bonds. The molecule has 0 aliphatic rings. The fourth-order valence-corrected chi connectivity index (χ4v) is 1.57. The van der Waals surface area contributed by atoms with E-state index in [0.29, 0.717) is 12.0 Å². The number of benzene rings is 1. The maximum Gasteiger partial charge on any atom is 0.119 e. The van der Waals surface area contributed by atoms with Crippen LogP contribution < -0.4 is 14.8 Å². The van der Waals surface area contributed by atoms with Crippen molar-refractivity contribution in [2.75, 3.05) is 20.8 Å². The van der Waals surface area contributed by atoms with Gasteiger partial charge in [0.05, 0.1) is 13.7 Å². The van der Waals surface area contributed by atoms with Crippen molar-refractivity contribution < 1.29 is 9.47 Å². The van der Waals surface area contributed by atoms with Gasteiger partial charge in [-0.25, -0.2) is 0 Å². The number of hydrogen-bond donors (Lipinski definition) is 1. The lowest BCUT2D eigenvalue weighted by Crippen LogP contribution is -2.29. The van der Waals surface area contributed by atoms with Crippen LogP contribution in [0.5, 0.6) is 11.5 Å². The molecule has 0 saturated carbocycles. The summed E-state index contributed by atoms with van der Waals surface area (Å²) >= 11 is 0. The van der Waals surface area contributed by atoms with Crippen LogP contribution in [0, 0.1) is 5.92 Å². The summed E-state index contributed by atoms with van der Waals surface area (Å²) in [5.41, 5.74) is 0. The summed E-state index contributed by atoms with van der Waals surface area (Å²) in [5.74, 6) is 2.36. The van der Waals surface area contributed by atoms with Crippen LogP contribution in [0.3, 0.4) is 0 Å². The van der Waals surface area contributed by atoms with Gasteiger partial charge in [-0.15, -0.1) is 0 Å². The Hall–Kier alpha value is -1.22. The van der Waals surface area contributed by atoms with E-state index in [2.05, 4.69) is 19.2 Å². The predicted octanol–water partition coefficient (Wildman–Crippen LogP) is 2.71. The van der Waals surface area contributed by atoms with Gasteiger partial charge in [0.15, 0.2) is 0 Å². The molecule has 0 radical (unpaired) electrons. The second-order valence-electron chi connectivity index (χ2n) is 4.37. The Morgan fingerprint density at radius 3 is 2.24 bits per heavy atom. The highest BCUT2D eigenvalue weighted by atomic mass is 16.5. The molecule has 1 N–H and O–H groups in total. The van der Waals surface area contributed by atoms with Gasteiger partial charge in [-0.1, -0.05) is 6.92 Å². The monoisotopic (exact) mass is 237 g/mol. The third kappa shape index (κ3) is 4.65. The molecule has 0 bridgehead atoms. The van der Waals surface area contributed by atoms with Crippen molar-refractivity contribution in [3.63, 3.8) is 0 Å². The van der Waals surface area contributed by atoms with Crippen molar-refractivity contribution in [3.8, 4) is 11.5 Å². The summed E-state index contributed by atoms with van der Waals surface area (Å²) in [5, 5.41) is 3.26. The smallest absolute Gasteiger partial charge is 0.119 e. The first-order valence-corrected chi connectivity index (χ1v) is 6.11. The average molecular weight is 237 g/mol. The van der Waals surface area contributed by atoms with Crippen LogP contribution >= 0.6 is 0 Å². The zero-order valence-electron chi connectivity index (χ0n) is 11.2. The highest BCUT2D eigenvalue weighted by Gasteiger charge is 2.09. The van der Waals surface area contributed by atoms with E-state index in [1.54, 1.807) is 7.11 Å². The molecule has 3 heteroatoms. The minimum absolute atomic E-state index is 0.523. The van der Waals surface area contributed by atoms with Gasteiger partial charge < -0.3 is 14.8 Å². The molecule has 96 valence electrons. The Bertz CT molecular complexity index is 311. The molecule has 1 aromatic rings. The van der Waals surface area contributed by atoms with Crippen LogP contribution in [0.4, 0.5) is 0 Å². The van der Waals surface area contributed by atoms with Gasteiger partial charge in [-0.3, -0.25) is 0 Å². The van der Waals surface area contributed by atoms with Crippen LogP contribution in [0.25, 0.3) is 0 Å². The van der Waals surface area contributed by atoms with Gasteiger partial charge in [0.2, 0.25) is 0 Å². The van der Waals surface area contributed by atoms with Crippen LogP contribution in [-0.2, 0) is 0 Å². The van der Waals surface area contributed by atoms with Crippen molar-refractivity contribution >= 4 is 0 Å². The van der Waals surface area contributed by atoms with Gasteiger partial charge in [-0.05, 0) is 50.6 Å². The Morgan fingerprint density at radius 1 is 1.12 bits per heavy atom. The predicted molar refractivity (Wildman–Crippen MR) is 70.8 cm³/mol. The number of hydrogen-bond acceptors (Lipinski definition) is 3. The summed E-state index contributed by atoms with van der Waals surface area (Å²) in [6.07, 6.45) is 1.05. The van der Waals surface area contributed by atoms with Crippen molar-refractivity contribution in [2.45, 2.75) is 26.3 Å². The summed E-state index contributed by atoms with van der Waals surface area (Å²) < 4.78 is 10.8. The molecule has 2 atom stereocenters. The molecule has 0 heterocycles. The SMILES string of the molecule is CNC(C)C(C)CCOc1ccc(OC)cc1. The molecule has 1 rings (SSSR count). The molecule has 3 nitrogen and oxygen atoms in total. The highest BCUT2D eigenvalue weighted by Crippen LogP contribution is 2.17. The second kappa shape index (κ2) is 7.17. The maximum absolute atomic E-state index is 5.69. The van der Waals surface area contributed by atoms with Crippen molar-refractivity contribution in [1.29, 1.82) is 0 Å². The van der Waals surface area contributed by atoms with E-state index in [1.165, 1.54) is 0 Å². The average Bonchev–Trinajstić information content (AvgIpc) is 2.38. The lowest BCUT2D eigenvalue weighted by Gasteiger charge is -2.19.